The molecule has 1 aromatic rings. The lowest BCUT2D eigenvalue weighted by Gasteiger charge is -2.35. The molecule has 5 heteroatoms. The second-order valence-corrected chi connectivity index (χ2v) is 8.11. The lowest BCUT2D eigenvalue weighted by Crippen LogP contribution is -2.33. The van der Waals surface area contributed by atoms with E-state index in [2.05, 4.69) is 38.0 Å². The maximum Gasteiger partial charge on any atom is 0.0891 e. The number of hydrogen-bond donors (Lipinski definition) is 2. The minimum Gasteiger partial charge on any atom is -0.411 e. The van der Waals surface area contributed by atoms with Crippen molar-refractivity contribution < 1.29 is 10.4 Å². The minimum atomic E-state index is 0.0356. The molecule has 2 N–H and O–H groups in total. The minimum absolute atomic E-state index is 0.0356. The Bertz CT molecular complexity index is 632. The summed E-state index contributed by atoms with van der Waals surface area (Å²) in [6.45, 7) is 8.64. The van der Waals surface area contributed by atoms with Crippen LogP contribution in [0, 0.1) is 10.8 Å². The first kappa shape index (κ1) is 15.0. The van der Waals surface area contributed by atoms with Gasteiger partial charge in [-0.1, -0.05) is 38.0 Å². The highest BCUT2D eigenvalue weighted by atomic mass is 16.4. The summed E-state index contributed by atoms with van der Waals surface area (Å²) >= 11 is 0. The molecular formula is C17H23N3O2. The molecule has 0 saturated carbocycles. The molecule has 2 aliphatic carbocycles. The number of nitrogens with zero attached hydrogens (tertiary/aromatic N) is 3. The van der Waals surface area contributed by atoms with Crippen molar-refractivity contribution >= 4 is 11.4 Å². The van der Waals surface area contributed by atoms with E-state index in [1.165, 1.54) is 0 Å². The van der Waals surface area contributed by atoms with Gasteiger partial charge in [-0.25, -0.2) is 0 Å². The summed E-state index contributed by atoms with van der Waals surface area (Å²) in [5.41, 5.74) is 5.16. The standard InChI is InChI=1S/C17H23N3O2/c1-16(2)6-12-10(14(8-16)19-21)5-11-13(18-12)7-17(3,4)9-15(11)20-22/h5,21-22H,6-9H2,1-4H3/b19-14+,20-15+. The number of hydrogen-bond acceptors (Lipinski definition) is 5. The van der Waals surface area contributed by atoms with Crippen LogP contribution in [-0.2, 0) is 12.8 Å². The Kier molecular flexibility index (Phi) is 3.27. The van der Waals surface area contributed by atoms with Gasteiger partial charge in [-0.3, -0.25) is 4.98 Å². The van der Waals surface area contributed by atoms with Crippen LogP contribution >= 0.6 is 0 Å². The monoisotopic (exact) mass is 301 g/mol. The average Bonchev–Trinajstić information content (AvgIpc) is 2.41. The van der Waals surface area contributed by atoms with Gasteiger partial charge in [0.15, 0.2) is 0 Å². The van der Waals surface area contributed by atoms with Gasteiger partial charge in [0.05, 0.1) is 22.8 Å². The smallest absolute Gasteiger partial charge is 0.0891 e. The van der Waals surface area contributed by atoms with E-state index in [-0.39, 0.29) is 10.8 Å². The zero-order valence-corrected chi connectivity index (χ0v) is 13.6. The molecule has 1 aromatic heterocycles. The molecule has 0 radical (unpaired) electrons. The summed E-state index contributed by atoms with van der Waals surface area (Å²) in [6, 6.07) is 1.99. The highest BCUT2D eigenvalue weighted by Gasteiger charge is 2.36. The maximum atomic E-state index is 9.36. The predicted molar refractivity (Wildman–Crippen MR) is 85.1 cm³/mol. The third-order valence-corrected chi connectivity index (χ3v) is 4.63. The number of pyridine rings is 1. The van der Waals surface area contributed by atoms with Gasteiger partial charge in [-0.2, -0.15) is 0 Å². The second-order valence-electron chi connectivity index (χ2n) is 8.11. The van der Waals surface area contributed by atoms with Crippen LogP contribution in [0.3, 0.4) is 0 Å². The number of oxime groups is 2. The third-order valence-electron chi connectivity index (χ3n) is 4.63. The second kappa shape index (κ2) is 4.80. The van der Waals surface area contributed by atoms with Gasteiger partial charge in [0, 0.05) is 11.1 Å². The molecular weight excluding hydrogens is 278 g/mol. The SMILES string of the molecule is CC1(C)C/C(=N\O)c2cc3c(nc2C1)CC(C)(C)C/C3=N\O. The third kappa shape index (κ3) is 2.49. The van der Waals surface area contributed by atoms with E-state index in [9.17, 15) is 10.4 Å². The maximum absolute atomic E-state index is 9.36. The molecule has 0 fully saturated rings. The summed E-state index contributed by atoms with van der Waals surface area (Å²) in [4.78, 5) is 4.86. The first-order valence-electron chi connectivity index (χ1n) is 7.70. The quantitative estimate of drug-likeness (QED) is 0.569. The van der Waals surface area contributed by atoms with E-state index in [1.54, 1.807) is 0 Å². The van der Waals surface area contributed by atoms with E-state index < -0.39 is 0 Å². The van der Waals surface area contributed by atoms with Crippen LogP contribution in [0.2, 0.25) is 0 Å². The fourth-order valence-corrected chi connectivity index (χ4v) is 3.67. The first-order chi connectivity index (χ1) is 10.2. The molecule has 2 aliphatic rings. The van der Waals surface area contributed by atoms with Crippen molar-refractivity contribution in [3.63, 3.8) is 0 Å². The predicted octanol–water partition coefficient (Wildman–Crippen LogP) is 3.38. The van der Waals surface area contributed by atoms with Gasteiger partial charge in [0.2, 0.25) is 0 Å². The normalized spacial score (nSPS) is 25.8. The van der Waals surface area contributed by atoms with Crippen molar-refractivity contribution in [1.29, 1.82) is 0 Å². The van der Waals surface area contributed by atoms with Crippen molar-refractivity contribution in [2.75, 3.05) is 0 Å². The average molecular weight is 301 g/mol. The molecule has 0 amide bonds. The molecule has 22 heavy (non-hydrogen) atoms. The van der Waals surface area contributed by atoms with E-state index >= 15 is 0 Å². The molecule has 1 heterocycles. The lowest BCUT2D eigenvalue weighted by atomic mass is 9.72. The summed E-state index contributed by atoms with van der Waals surface area (Å²) in [7, 11) is 0. The molecule has 5 nitrogen and oxygen atoms in total. The van der Waals surface area contributed by atoms with Crippen LogP contribution in [-0.4, -0.2) is 26.8 Å². The number of aromatic nitrogens is 1. The Morgan fingerprint density at radius 1 is 0.818 bits per heavy atom. The van der Waals surface area contributed by atoms with E-state index in [0.717, 1.165) is 35.4 Å². The van der Waals surface area contributed by atoms with E-state index in [4.69, 9.17) is 4.98 Å². The first-order valence-corrected chi connectivity index (χ1v) is 7.70. The Morgan fingerprint density at radius 2 is 1.23 bits per heavy atom. The molecule has 0 unspecified atom stereocenters. The van der Waals surface area contributed by atoms with Crippen LogP contribution in [0.4, 0.5) is 0 Å². The van der Waals surface area contributed by atoms with Crippen molar-refractivity contribution in [2.24, 2.45) is 21.1 Å². The van der Waals surface area contributed by atoms with Gasteiger partial charge in [0.1, 0.15) is 0 Å². The molecule has 0 spiro atoms. The van der Waals surface area contributed by atoms with Gasteiger partial charge >= 0.3 is 0 Å². The molecule has 0 bridgehead atoms. The summed E-state index contributed by atoms with van der Waals surface area (Å²) in [6.07, 6.45) is 3.16. The lowest BCUT2D eigenvalue weighted by molar-refractivity contribution is 0.303. The number of rotatable bonds is 0. The molecule has 118 valence electrons. The van der Waals surface area contributed by atoms with E-state index in [1.807, 2.05) is 6.07 Å². The van der Waals surface area contributed by atoms with Crippen molar-refractivity contribution in [3.05, 3.63) is 28.6 Å². The Labute approximate surface area is 130 Å². The van der Waals surface area contributed by atoms with Crippen LogP contribution in [0.15, 0.2) is 16.4 Å². The van der Waals surface area contributed by atoms with Crippen LogP contribution in [0.1, 0.15) is 63.1 Å². The fourth-order valence-electron chi connectivity index (χ4n) is 3.67. The fraction of sp³-hybridized carbons (Fsp3) is 0.588. The van der Waals surface area contributed by atoms with Gasteiger partial charge in [-0.05, 0) is 42.6 Å². The highest BCUT2D eigenvalue weighted by molar-refractivity contribution is 6.07. The zero-order valence-electron chi connectivity index (χ0n) is 13.6. The zero-order chi connectivity index (χ0) is 16.1. The van der Waals surface area contributed by atoms with Gasteiger partial charge in [0.25, 0.3) is 0 Å². The Balaban J connectivity index is 2.18. The topological polar surface area (TPSA) is 78.1 Å². The number of fused-ring (bicyclic) bond motifs is 2. The van der Waals surface area contributed by atoms with Crippen LogP contribution in [0.25, 0.3) is 0 Å². The molecule has 0 atom stereocenters. The van der Waals surface area contributed by atoms with Crippen molar-refractivity contribution in [2.45, 2.75) is 53.4 Å². The largest absolute Gasteiger partial charge is 0.411 e. The summed E-state index contributed by atoms with van der Waals surface area (Å²) < 4.78 is 0. The van der Waals surface area contributed by atoms with Gasteiger partial charge < -0.3 is 10.4 Å². The molecule has 0 saturated heterocycles. The van der Waals surface area contributed by atoms with Crippen LogP contribution < -0.4 is 0 Å². The van der Waals surface area contributed by atoms with Crippen molar-refractivity contribution in [1.82, 2.24) is 4.98 Å². The Hall–Kier alpha value is -1.91. The van der Waals surface area contributed by atoms with Crippen molar-refractivity contribution in [3.8, 4) is 0 Å². The summed E-state index contributed by atoms with van der Waals surface area (Å²) in [5, 5.41) is 25.7. The summed E-state index contributed by atoms with van der Waals surface area (Å²) in [5.74, 6) is 0. The highest BCUT2D eigenvalue weighted by Crippen LogP contribution is 2.39. The Morgan fingerprint density at radius 3 is 1.59 bits per heavy atom. The molecule has 0 aliphatic heterocycles. The van der Waals surface area contributed by atoms with Crippen LogP contribution in [0.5, 0.6) is 0 Å². The van der Waals surface area contributed by atoms with E-state index in [0.29, 0.717) is 24.3 Å². The van der Waals surface area contributed by atoms with Gasteiger partial charge in [-0.15, -0.1) is 0 Å². The molecule has 0 aromatic carbocycles. The molecule has 3 rings (SSSR count).